The minimum absolute atomic E-state index is 0.0170. The van der Waals surface area contributed by atoms with E-state index >= 15 is 0 Å². The Hall–Kier alpha value is -5.97. The normalized spacial score (nSPS) is 14.4. The van der Waals surface area contributed by atoms with E-state index in [4.69, 9.17) is 56.8 Å². The number of imide groups is 2. The number of benzene rings is 3. The molecule has 3 aromatic carbocycles. The minimum atomic E-state index is -4.49. The molecule has 0 radical (unpaired) electrons. The molecule has 2 heterocycles. The largest absolute Gasteiger partial charge is 0.460 e. The van der Waals surface area contributed by atoms with Crippen molar-refractivity contribution in [1.29, 1.82) is 0 Å². The molecule has 442 valence electrons. The van der Waals surface area contributed by atoms with Gasteiger partial charge in [-0.3, -0.25) is 34.2 Å². The van der Waals surface area contributed by atoms with Crippen LogP contribution in [0.1, 0.15) is 75.2 Å². The third-order valence-electron chi connectivity index (χ3n) is 11.7. The van der Waals surface area contributed by atoms with E-state index < -0.39 is 47.4 Å². The van der Waals surface area contributed by atoms with E-state index in [1.807, 2.05) is 0 Å². The number of anilines is 3. The van der Waals surface area contributed by atoms with Gasteiger partial charge in [-0.25, -0.2) is 4.79 Å². The number of halogens is 3. The summed E-state index contributed by atoms with van der Waals surface area (Å²) in [7, 11) is 0. The van der Waals surface area contributed by atoms with Crippen LogP contribution in [0.25, 0.3) is 0 Å². The minimum Gasteiger partial charge on any atom is -0.460 e. The molecule has 0 saturated carbocycles. The first-order chi connectivity index (χ1) is 38.9. The molecular weight excluding hydrogens is 1060 g/mol. The molecule has 3 N–H and O–H groups in total. The third kappa shape index (κ3) is 24.4. The number of unbranched alkanes of at least 4 members (excludes halogenated alkanes) is 2. The Morgan fingerprint density at radius 2 is 1.01 bits per heavy atom. The highest BCUT2D eigenvalue weighted by Gasteiger charge is 2.45. The lowest BCUT2D eigenvalue weighted by Crippen LogP contribution is -2.54. The van der Waals surface area contributed by atoms with Gasteiger partial charge in [0, 0.05) is 25.1 Å². The van der Waals surface area contributed by atoms with Crippen LogP contribution in [0.2, 0.25) is 0 Å². The lowest BCUT2D eigenvalue weighted by Gasteiger charge is -2.27. The van der Waals surface area contributed by atoms with Crippen LogP contribution in [0.3, 0.4) is 0 Å². The summed E-state index contributed by atoms with van der Waals surface area (Å²) in [5, 5.41) is 7.75. The summed E-state index contributed by atoms with van der Waals surface area (Å²) in [5.74, 6) is -3.41. The van der Waals surface area contributed by atoms with Crippen molar-refractivity contribution in [1.82, 2.24) is 10.2 Å². The van der Waals surface area contributed by atoms with E-state index in [1.54, 1.807) is 30.3 Å². The second-order valence-corrected chi connectivity index (χ2v) is 17.7. The number of rotatable bonds is 44. The zero-order valence-corrected chi connectivity index (χ0v) is 44.9. The number of amides is 5. The number of para-hydroxylation sites is 1. The summed E-state index contributed by atoms with van der Waals surface area (Å²) < 4.78 is 105. The first-order valence-corrected chi connectivity index (χ1v) is 26.6. The zero-order valence-electron chi connectivity index (χ0n) is 44.9. The number of piperidine rings is 1. The zero-order chi connectivity index (χ0) is 57.1. The standard InChI is InChI=1S/C55H73F3N4O18/c56-55(57,58)41-8-6-9-42(40-41)59-45-12-4-3-10-43(45)54(68)80-39-38-79-37-36-78-35-34-77-33-32-76-31-30-75-29-28-74-27-26-73-25-24-72-23-22-71-21-20-70-19-18-69-17-5-1-2-14-48(63)60-46-13-7-11-44-50(46)53(67)62(52(44)66)47-15-16-49(64)61-51(47)65/h3-4,6-13,40,47,59H,1-2,5,14-39H2,(H,60,63)(H,61,64,65). The Morgan fingerprint density at radius 3 is 1.52 bits per heavy atom. The Bertz CT molecular complexity index is 2360. The predicted molar refractivity (Wildman–Crippen MR) is 281 cm³/mol. The van der Waals surface area contributed by atoms with Crippen LogP contribution < -0.4 is 16.0 Å². The van der Waals surface area contributed by atoms with Gasteiger partial charge in [0.15, 0.2) is 0 Å². The van der Waals surface area contributed by atoms with Crippen LogP contribution in [0, 0.1) is 0 Å². The van der Waals surface area contributed by atoms with Crippen molar-refractivity contribution >= 4 is 52.6 Å². The molecule has 0 bridgehead atoms. The highest BCUT2D eigenvalue weighted by atomic mass is 19.4. The van der Waals surface area contributed by atoms with E-state index in [0.717, 1.165) is 29.9 Å². The summed E-state index contributed by atoms with van der Waals surface area (Å²) in [6, 6.07) is 14.6. The van der Waals surface area contributed by atoms with Gasteiger partial charge >= 0.3 is 12.1 Å². The molecule has 5 rings (SSSR count). The summed E-state index contributed by atoms with van der Waals surface area (Å²) >= 11 is 0. The Balaban J connectivity index is 0.686. The third-order valence-corrected chi connectivity index (χ3v) is 11.7. The highest BCUT2D eigenvalue weighted by molar-refractivity contribution is 6.26. The molecule has 1 unspecified atom stereocenters. The first kappa shape index (κ1) is 64.8. The number of nitrogens with zero attached hydrogens (tertiary/aromatic N) is 1. The fourth-order valence-corrected chi connectivity index (χ4v) is 7.77. The summed E-state index contributed by atoms with van der Waals surface area (Å²) in [6.07, 6.45) is -2.13. The quantitative estimate of drug-likeness (QED) is 0.0365. The number of alkyl halides is 3. The molecule has 0 aromatic heterocycles. The number of fused-ring (bicyclic) bond motifs is 1. The highest BCUT2D eigenvalue weighted by Crippen LogP contribution is 2.34. The second kappa shape index (κ2) is 37.9. The molecule has 22 nitrogen and oxygen atoms in total. The molecule has 1 saturated heterocycles. The fourth-order valence-electron chi connectivity index (χ4n) is 7.77. The van der Waals surface area contributed by atoms with Gasteiger partial charge in [-0.05, 0) is 61.7 Å². The summed E-state index contributed by atoms with van der Waals surface area (Å²) in [5.41, 5.74) is 0.208. The smallest absolute Gasteiger partial charge is 0.416 e. The van der Waals surface area contributed by atoms with Gasteiger partial charge in [-0.15, -0.1) is 0 Å². The van der Waals surface area contributed by atoms with E-state index in [9.17, 15) is 41.9 Å². The number of hydrogen-bond donors (Lipinski definition) is 3. The Kier molecular flexibility index (Phi) is 30.7. The van der Waals surface area contributed by atoms with E-state index in [0.29, 0.717) is 144 Å². The monoisotopic (exact) mass is 1130 g/mol. The molecule has 0 aliphatic carbocycles. The van der Waals surface area contributed by atoms with Gasteiger partial charge < -0.3 is 67.5 Å². The van der Waals surface area contributed by atoms with Crippen LogP contribution >= 0.6 is 0 Å². The topological polar surface area (TPSA) is 253 Å². The summed E-state index contributed by atoms with van der Waals surface area (Å²) in [6.45, 7) is 8.78. The van der Waals surface area contributed by atoms with Gasteiger partial charge in [-0.1, -0.05) is 30.7 Å². The maximum Gasteiger partial charge on any atom is 0.416 e. The molecular formula is C55H73F3N4O18. The molecule has 5 amide bonds. The maximum absolute atomic E-state index is 13.2. The van der Waals surface area contributed by atoms with Crippen molar-refractivity contribution in [3.63, 3.8) is 0 Å². The van der Waals surface area contributed by atoms with Gasteiger partial charge in [-0.2, -0.15) is 13.2 Å². The van der Waals surface area contributed by atoms with Crippen LogP contribution in [-0.4, -0.2) is 198 Å². The van der Waals surface area contributed by atoms with Crippen molar-refractivity contribution in [2.24, 2.45) is 0 Å². The lowest BCUT2D eigenvalue weighted by molar-refractivity contribution is -0.138. The molecule has 3 aromatic rings. The van der Waals surface area contributed by atoms with Gasteiger partial charge in [0.05, 0.1) is 172 Å². The first-order valence-electron chi connectivity index (χ1n) is 26.6. The average molecular weight is 1140 g/mol. The van der Waals surface area contributed by atoms with Crippen molar-refractivity contribution in [2.75, 3.05) is 163 Å². The molecule has 25 heteroatoms. The van der Waals surface area contributed by atoms with Crippen molar-refractivity contribution < 1.29 is 98.8 Å². The number of carbonyl (C=O) groups excluding carboxylic acids is 6. The molecule has 2 aliphatic heterocycles. The van der Waals surface area contributed by atoms with Gasteiger partial charge in [0.25, 0.3) is 11.8 Å². The molecule has 0 spiro atoms. The number of nitrogens with one attached hydrogen (secondary N) is 3. The number of carbonyl (C=O) groups is 6. The average Bonchev–Trinajstić information content (AvgIpc) is 3.72. The number of ether oxygens (including phenoxy) is 12. The molecule has 1 fully saturated rings. The van der Waals surface area contributed by atoms with E-state index in [2.05, 4.69) is 16.0 Å². The molecule has 1 atom stereocenters. The van der Waals surface area contributed by atoms with Crippen LogP contribution in [-0.2, 0) is 77.4 Å². The molecule has 2 aliphatic rings. The van der Waals surface area contributed by atoms with Crippen molar-refractivity contribution in [3.05, 3.63) is 89.0 Å². The molecule has 80 heavy (non-hydrogen) atoms. The lowest BCUT2D eigenvalue weighted by atomic mass is 10.0. The number of hydrogen-bond acceptors (Lipinski definition) is 19. The second-order valence-electron chi connectivity index (χ2n) is 17.7. The fraction of sp³-hybridized carbons (Fsp3) is 0.564. The number of esters is 1. The van der Waals surface area contributed by atoms with E-state index in [1.165, 1.54) is 24.3 Å². The van der Waals surface area contributed by atoms with Crippen LogP contribution in [0.4, 0.5) is 30.2 Å². The summed E-state index contributed by atoms with van der Waals surface area (Å²) in [4.78, 5) is 76.3. The van der Waals surface area contributed by atoms with Gasteiger partial charge in [0.1, 0.15) is 12.6 Å². The van der Waals surface area contributed by atoms with Crippen LogP contribution in [0.5, 0.6) is 0 Å². The van der Waals surface area contributed by atoms with Gasteiger partial charge in [0.2, 0.25) is 17.7 Å². The Morgan fingerprint density at radius 1 is 0.537 bits per heavy atom. The SMILES string of the molecule is O=C1CCC(N2C(=O)c3cccc(NC(=O)CCCCCOCCOCCOCCOCCOCCOCCOCCOCCOCCOCCOCCOC(=O)c4ccccc4Nc4cccc(C(F)(F)F)c4)c3C2=O)C(=O)N1. The maximum atomic E-state index is 13.2. The van der Waals surface area contributed by atoms with Crippen LogP contribution in [0.15, 0.2) is 66.7 Å². The van der Waals surface area contributed by atoms with Crippen molar-refractivity contribution in [3.8, 4) is 0 Å². The predicted octanol–water partition coefficient (Wildman–Crippen LogP) is 5.39. The Labute approximate surface area is 462 Å². The van der Waals surface area contributed by atoms with Crippen molar-refractivity contribution in [2.45, 2.75) is 50.7 Å². The van der Waals surface area contributed by atoms with E-state index in [-0.39, 0.29) is 73.1 Å².